The van der Waals surface area contributed by atoms with Crippen molar-refractivity contribution in [2.24, 2.45) is 0 Å². The molecule has 98 valence electrons. The van der Waals surface area contributed by atoms with Gasteiger partial charge in [0, 0.05) is 38.3 Å². The van der Waals surface area contributed by atoms with Crippen LogP contribution in [0.4, 0.5) is 0 Å². The van der Waals surface area contributed by atoms with Gasteiger partial charge in [0.25, 0.3) is 0 Å². The fraction of sp³-hybridized carbons (Fsp3) is 1.00. The van der Waals surface area contributed by atoms with Gasteiger partial charge in [-0.05, 0) is 44.9 Å². The maximum absolute atomic E-state index is 5.50. The Labute approximate surface area is 105 Å². The normalized spacial score (nSPS) is 39.7. The first kappa shape index (κ1) is 11.9. The molecule has 0 aromatic rings. The highest BCUT2D eigenvalue weighted by atomic mass is 16.5. The lowest BCUT2D eigenvalue weighted by Gasteiger charge is -2.31. The van der Waals surface area contributed by atoms with E-state index in [9.17, 15) is 0 Å². The molecule has 3 heteroatoms. The largest absolute Gasteiger partial charge is 0.381 e. The lowest BCUT2D eigenvalue weighted by molar-refractivity contribution is 0.0570. The Morgan fingerprint density at radius 3 is 2.71 bits per heavy atom. The third-order valence-corrected chi connectivity index (χ3v) is 4.71. The molecule has 3 aliphatic rings. The first-order chi connectivity index (χ1) is 8.35. The van der Waals surface area contributed by atoms with Crippen LogP contribution in [0, 0.1) is 0 Å². The molecule has 3 unspecified atom stereocenters. The molecule has 0 radical (unpaired) electrons. The highest BCUT2D eigenvalue weighted by Gasteiger charge is 2.35. The molecule has 0 bridgehead atoms. The first-order valence-corrected chi connectivity index (χ1v) is 7.38. The predicted octanol–water partition coefficient (Wildman–Crippen LogP) is 1.77. The highest BCUT2D eigenvalue weighted by molar-refractivity contribution is 4.93. The van der Waals surface area contributed by atoms with E-state index in [4.69, 9.17) is 4.74 Å². The zero-order valence-electron chi connectivity index (χ0n) is 11.0. The summed E-state index contributed by atoms with van der Waals surface area (Å²) in [5, 5.41) is 3.87. The van der Waals surface area contributed by atoms with Crippen LogP contribution in [0.15, 0.2) is 0 Å². The van der Waals surface area contributed by atoms with Crippen molar-refractivity contribution in [2.75, 3.05) is 20.2 Å². The van der Waals surface area contributed by atoms with Crippen molar-refractivity contribution in [3.05, 3.63) is 0 Å². The maximum atomic E-state index is 5.50. The van der Waals surface area contributed by atoms with Crippen molar-refractivity contribution in [3.63, 3.8) is 0 Å². The predicted molar refractivity (Wildman–Crippen MR) is 69.2 cm³/mol. The SMILES string of the molecule is COC1CCCC(NC2CCN(C3CC3)C2)C1. The molecule has 0 aromatic carbocycles. The molecule has 17 heavy (non-hydrogen) atoms. The molecule has 2 aliphatic carbocycles. The van der Waals surface area contributed by atoms with Crippen LogP contribution in [0.25, 0.3) is 0 Å². The van der Waals surface area contributed by atoms with Crippen LogP contribution in [0.3, 0.4) is 0 Å². The fourth-order valence-corrected chi connectivity index (χ4v) is 3.54. The van der Waals surface area contributed by atoms with E-state index >= 15 is 0 Å². The Morgan fingerprint density at radius 1 is 1.06 bits per heavy atom. The van der Waals surface area contributed by atoms with Crippen LogP contribution in [-0.4, -0.2) is 49.3 Å². The second kappa shape index (κ2) is 5.25. The summed E-state index contributed by atoms with van der Waals surface area (Å²) in [6, 6.07) is 2.40. The van der Waals surface area contributed by atoms with Gasteiger partial charge in [0.05, 0.1) is 6.10 Å². The van der Waals surface area contributed by atoms with Crippen LogP contribution in [0.2, 0.25) is 0 Å². The number of likely N-dealkylation sites (tertiary alicyclic amines) is 1. The van der Waals surface area contributed by atoms with E-state index in [1.165, 1.54) is 58.0 Å². The summed E-state index contributed by atoms with van der Waals surface area (Å²) in [7, 11) is 1.86. The van der Waals surface area contributed by atoms with Gasteiger partial charge in [-0.25, -0.2) is 0 Å². The van der Waals surface area contributed by atoms with Crippen LogP contribution in [0.5, 0.6) is 0 Å². The summed E-state index contributed by atoms with van der Waals surface area (Å²) >= 11 is 0. The summed E-state index contributed by atoms with van der Waals surface area (Å²) < 4.78 is 5.50. The molecule has 3 atom stereocenters. The molecule has 1 aliphatic heterocycles. The summed E-state index contributed by atoms with van der Waals surface area (Å²) in [4.78, 5) is 2.69. The van der Waals surface area contributed by atoms with E-state index in [2.05, 4.69) is 10.2 Å². The second-order valence-electron chi connectivity index (χ2n) is 6.10. The monoisotopic (exact) mass is 238 g/mol. The number of methoxy groups -OCH3 is 1. The molecule has 0 amide bonds. The Bertz CT molecular complexity index is 255. The average molecular weight is 238 g/mol. The minimum atomic E-state index is 0.502. The van der Waals surface area contributed by atoms with E-state index in [0.29, 0.717) is 12.1 Å². The average Bonchev–Trinajstić information content (AvgIpc) is 3.11. The van der Waals surface area contributed by atoms with Gasteiger partial charge in [0.15, 0.2) is 0 Å². The van der Waals surface area contributed by atoms with Crippen molar-refractivity contribution in [1.29, 1.82) is 0 Å². The maximum Gasteiger partial charge on any atom is 0.0586 e. The van der Waals surface area contributed by atoms with Gasteiger partial charge < -0.3 is 10.1 Å². The molecule has 1 heterocycles. The minimum Gasteiger partial charge on any atom is -0.381 e. The van der Waals surface area contributed by atoms with Gasteiger partial charge >= 0.3 is 0 Å². The standard InChI is InChI=1S/C14H26N2O/c1-17-14-4-2-3-11(9-14)15-12-7-8-16(10-12)13-5-6-13/h11-15H,2-10H2,1H3. The van der Waals surface area contributed by atoms with Crippen LogP contribution >= 0.6 is 0 Å². The Morgan fingerprint density at radius 2 is 1.94 bits per heavy atom. The smallest absolute Gasteiger partial charge is 0.0586 e. The van der Waals surface area contributed by atoms with E-state index < -0.39 is 0 Å². The third-order valence-electron chi connectivity index (χ3n) is 4.71. The number of hydrogen-bond donors (Lipinski definition) is 1. The van der Waals surface area contributed by atoms with Crippen molar-refractivity contribution < 1.29 is 4.74 Å². The second-order valence-corrected chi connectivity index (χ2v) is 6.10. The Balaban J connectivity index is 1.43. The molecule has 2 saturated carbocycles. The topological polar surface area (TPSA) is 24.5 Å². The summed E-state index contributed by atoms with van der Waals surface area (Å²) in [5.74, 6) is 0. The Hall–Kier alpha value is -0.120. The highest BCUT2D eigenvalue weighted by Crippen LogP contribution is 2.30. The van der Waals surface area contributed by atoms with Crippen molar-refractivity contribution in [1.82, 2.24) is 10.2 Å². The molecule has 1 saturated heterocycles. The quantitative estimate of drug-likeness (QED) is 0.808. The molecule has 0 aromatic heterocycles. The molecular formula is C14H26N2O. The number of ether oxygens (including phenoxy) is 1. The van der Waals surface area contributed by atoms with E-state index in [1.54, 1.807) is 0 Å². The van der Waals surface area contributed by atoms with E-state index in [0.717, 1.165) is 12.1 Å². The summed E-state index contributed by atoms with van der Waals surface area (Å²) in [6.45, 7) is 2.61. The first-order valence-electron chi connectivity index (χ1n) is 7.38. The number of nitrogens with one attached hydrogen (secondary N) is 1. The van der Waals surface area contributed by atoms with Crippen molar-refractivity contribution >= 4 is 0 Å². The molecule has 3 rings (SSSR count). The zero-order chi connectivity index (χ0) is 11.7. The van der Waals surface area contributed by atoms with Crippen LogP contribution in [0.1, 0.15) is 44.9 Å². The molecule has 3 fully saturated rings. The van der Waals surface area contributed by atoms with Gasteiger partial charge in [0.1, 0.15) is 0 Å². The van der Waals surface area contributed by atoms with Crippen molar-refractivity contribution in [2.45, 2.75) is 69.2 Å². The molecule has 1 N–H and O–H groups in total. The lowest BCUT2D eigenvalue weighted by atomic mass is 9.92. The van der Waals surface area contributed by atoms with E-state index in [-0.39, 0.29) is 0 Å². The van der Waals surface area contributed by atoms with Gasteiger partial charge in [-0.15, -0.1) is 0 Å². The van der Waals surface area contributed by atoms with Gasteiger partial charge in [-0.2, -0.15) is 0 Å². The lowest BCUT2D eigenvalue weighted by Crippen LogP contribution is -2.44. The van der Waals surface area contributed by atoms with Gasteiger partial charge in [-0.3, -0.25) is 4.90 Å². The van der Waals surface area contributed by atoms with Gasteiger partial charge in [0.2, 0.25) is 0 Å². The van der Waals surface area contributed by atoms with E-state index in [1.807, 2.05) is 7.11 Å². The summed E-state index contributed by atoms with van der Waals surface area (Å²) in [5.41, 5.74) is 0. The number of rotatable bonds is 4. The molecule has 0 spiro atoms. The molecule has 3 nitrogen and oxygen atoms in total. The third kappa shape index (κ3) is 3.01. The minimum absolute atomic E-state index is 0.502. The van der Waals surface area contributed by atoms with Crippen LogP contribution < -0.4 is 5.32 Å². The fourth-order valence-electron chi connectivity index (χ4n) is 3.54. The Kier molecular flexibility index (Phi) is 3.69. The molecular weight excluding hydrogens is 212 g/mol. The van der Waals surface area contributed by atoms with Crippen molar-refractivity contribution in [3.8, 4) is 0 Å². The number of hydrogen-bond acceptors (Lipinski definition) is 3. The number of nitrogens with zero attached hydrogens (tertiary/aromatic N) is 1. The van der Waals surface area contributed by atoms with Gasteiger partial charge in [-0.1, -0.05) is 0 Å². The summed E-state index contributed by atoms with van der Waals surface area (Å²) in [6.07, 6.45) is 9.90. The van der Waals surface area contributed by atoms with Crippen LogP contribution in [-0.2, 0) is 4.74 Å². The zero-order valence-corrected chi connectivity index (χ0v) is 11.0.